The van der Waals surface area contributed by atoms with Crippen LogP contribution in [0.15, 0.2) is 45.6 Å². The lowest BCUT2D eigenvalue weighted by Gasteiger charge is -2.33. The van der Waals surface area contributed by atoms with Gasteiger partial charge in [0.05, 0.1) is 36.9 Å². The van der Waals surface area contributed by atoms with Crippen LogP contribution < -0.4 is 19.8 Å². The number of sulfone groups is 1. The van der Waals surface area contributed by atoms with Gasteiger partial charge in [-0.25, -0.2) is 13.2 Å². The van der Waals surface area contributed by atoms with Gasteiger partial charge in [0.15, 0.2) is 21.3 Å². The fourth-order valence-corrected chi connectivity index (χ4v) is 6.17. The van der Waals surface area contributed by atoms with E-state index < -0.39 is 15.5 Å². The molecule has 0 saturated carbocycles. The number of hydrogen-bond acceptors (Lipinski definition) is 8. The Balaban J connectivity index is 1.54. The lowest BCUT2D eigenvalue weighted by molar-refractivity contribution is 0.0649. The first-order valence-corrected chi connectivity index (χ1v) is 12.1. The van der Waals surface area contributed by atoms with Gasteiger partial charge in [-0.1, -0.05) is 6.07 Å². The van der Waals surface area contributed by atoms with Gasteiger partial charge < -0.3 is 18.6 Å². The second-order valence-electron chi connectivity index (χ2n) is 8.06. The first-order chi connectivity index (χ1) is 15.4. The highest BCUT2D eigenvalue weighted by Crippen LogP contribution is 2.36. The van der Waals surface area contributed by atoms with Crippen LogP contribution in [0.2, 0.25) is 0 Å². The molecule has 3 aromatic rings. The number of methoxy groups -OCH3 is 2. The number of ether oxygens (including phenoxy) is 3. The van der Waals surface area contributed by atoms with Gasteiger partial charge in [0.1, 0.15) is 18.1 Å². The summed E-state index contributed by atoms with van der Waals surface area (Å²) in [7, 11) is 0.0845. The van der Waals surface area contributed by atoms with E-state index in [1.165, 1.54) is 7.11 Å². The van der Waals surface area contributed by atoms with Crippen molar-refractivity contribution in [3.63, 3.8) is 0 Å². The fraction of sp³-hybridized carbons (Fsp3) is 0.348. The summed E-state index contributed by atoms with van der Waals surface area (Å²) in [4.78, 5) is 14.9. The molecule has 0 amide bonds. The second-order valence-corrected chi connectivity index (χ2v) is 10.3. The van der Waals surface area contributed by atoms with Gasteiger partial charge in [-0.15, -0.1) is 0 Å². The zero-order chi connectivity index (χ0) is 22.5. The zero-order valence-electron chi connectivity index (χ0n) is 17.8. The van der Waals surface area contributed by atoms with Crippen molar-refractivity contribution in [3.05, 3.63) is 52.4 Å². The molecule has 8 nitrogen and oxygen atoms in total. The molecule has 1 saturated heterocycles. The van der Waals surface area contributed by atoms with Crippen LogP contribution in [-0.4, -0.2) is 51.8 Å². The van der Waals surface area contributed by atoms with Gasteiger partial charge in [-0.2, -0.15) is 0 Å². The second kappa shape index (κ2) is 7.83. The number of benzene rings is 2. The Labute approximate surface area is 185 Å². The van der Waals surface area contributed by atoms with Crippen molar-refractivity contribution < 1.29 is 27.0 Å². The van der Waals surface area contributed by atoms with Crippen LogP contribution in [0.5, 0.6) is 17.2 Å². The van der Waals surface area contributed by atoms with Gasteiger partial charge in [0.25, 0.3) is 0 Å². The SMILES string of the molecule is COc1ccc(-c2cc3ccc4c(c3oc2=O)CN([C@@H]2CCS(=O)(=O)C2)CO4)cc1OC. The summed E-state index contributed by atoms with van der Waals surface area (Å²) >= 11 is 0. The standard InChI is InChI=1S/C23H23NO7S/c1-28-20-6-3-14(10-21(20)29-2)17-9-15-4-5-19-18(22(15)31-23(17)25)11-24(13-30-19)16-7-8-32(26,27)12-16/h3-6,9-10,16H,7-8,11-13H2,1-2H3/t16-/m1/s1. The average molecular weight is 458 g/mol. The van der Waals surface area contributed by atoms with Crippen LogP contribution in [0.4, 0.5) is 0 Å². The third-order valence-corrected chi connectivity index (χ3v) is 7.88. The number of nitrogens with zero attached hydrogens (tertiary/aromatic N) is 1. The minimum Gasteiger partial charge on any atom is -0.493 e. The lowest BCUT2D eigenvalue weighted by Crippen LogP contribution is -2.41. The normalized spacial score (nSPS) is 20.0. The van der Waals surface area contributed by atoms with Gasteiger partial charge in [0, 0.05) is 18.0 Å². The van der Waals surface area contributed by atoms with Crippen LogP contribution in [-0.2, 0) is 16.4 Å². The summed E-state index contributed by atoms with van der Waals surface area (Å²) in [6.07, 6.45) is 0.583. The number of fused-ring (bicyclic) bond motifs is 3. The summed E-state index contributed by atoms with van der Waals surface area (Å²) in [5, 5.41) is 0.762. The monoisotopic (exact) mass is 457 g/mol. The van der Waals surface area contributed by atoms with E-state index in [2.05, 4.69) is 0 Å². The van der Waals surface area contributed by atoms with Gasteiger partial charge in [-0.3, -0.25) is 4.90 Å². The molecule has 9 heteroatoms. The van der Waals surface area contributed by atoms with E-state index in [1.807, 2.05) is 17.0 Å². The van der Waals surface area contributed by atoms with E-state index in [1.54, 1.807) is 31.4 Å². The van der Waals surface area contributed by atoms with E-state index in [9.17, 15) is 13.2 Å². The van der Waals surface area contributed by atoms with Gasteiger partial charge >= 0.3 is 5.63 Å². The molecule has 0 spiro atoms. The average Bonchev–Trinajstić information content (AvgIpc) is 3.17. The maximum Gasteiger partial charge on any atom is 0.344 e. The molecule has 1 atom stereocenters. The predicted octanol–water partition coefficient (Wildman–Crippen LogP) is 2.82. The zero-order valence-corrected chi connectivity index (χ0v) is 18.6. The first-order valence-electron chi connectivity index (χ1n) is 10.3. The third-order valence-electron chi connectivity index (χ3n) is 6.13. The molecule has 0 bridgehead atoms. The quantitative estimate of drug-likeness (QED) is 0.552. The van der Waals surface area contributed by atoms with Crippen LogP contribution >= 0.6 is 0 Å². The lowest BCUT2D eigenvalue weighted by atomic mass is 10.0. The van der Waals surface area contributed by atoms with Crippen molar-refractivity contribution in [2.24, 2.45) is 0 Å². The molecule has 0 radical (unpaired) electrons. The maximum absolute atomic E-state index is 12.9. The van der Waals surface area contributed by atoms with Gasteiger partial charge in [-0.05, 0) is 42.3 Å². The minimum absolute atomic E-state index is 0.0961. The molecular weight excluding hydrogens is 434 g/mol. The topological polar surface area (TPSA) is 95.3 Å². The third kappa shape index (κ3) is 3.61. The Morgan fingerprint density at radius 3 is 2.59 bits per heavy atom. The molecule has 168 valence electrons. The molecule has 0 aliphatic carbocycles. The Hall–Kier alpha value is -3.04. The van der Waals surface area contributed by atoms with E-state index >= 15 is 0 Å². The molecule has 1 aromatic heterocycles. The van der Waals surface area contributed by atoms with Crippen molar-refractivity contribution >= 4 is 20.8 Å². The largest absolute Gasteiger partial charge is 0.493 e. The predicted molar refractivity (Wildman–Crippen MR) is 119 cm³/mol. The fourth-order valence-electron chi connectivity index (χ4n) is 4.41. The van der Waals surface area contributed by atoms with E-state index in [0.29, 0.717) is 53.7 Å². The number of rotatable bonds is 4. The summed E-state index contributed by atoms with van der Waals surface area (Å²) in [5.41, 5.74) is 1.81. The molecule has 0 N–H and O–H groups in total. The van der Waals surface area contributed by atoms with Crippen LogP contribution in [0.25, 0.3) is 22.1 Å². The van der Waals surface area contributed by atoms with Crippen molar-refractivity contribution in [1.29, 1.82) is 0 Å². The van der Waals surface area contributed by atoms with Crippen molar-refractivity contribution in [3.8, 4) is 28.4 Å². The summed E-state index contributed by atoms with van der Waals surface area (Å²) in [5.74, 6) is 2.06. The molecule has 3 heterocycles. The van der Waals surface area contributed by atoms with E-state index in [0.717, 1.165) is 10.9 Å². The molecule has 0 unspecified atom stereocenters. The molecule has 1 fully saturated rings. The number of hydrogen-bond donors (Lipinski definition) is 0. The smallest absolute Gasteiger partial charge is 0.344 e. The summed E-state index contributed by atoms with van der Waals surface area (Å²) < 4.78 is 46.1. The highest BCUT2D eigenvalue weighted by Gasteiger charge is 2.35. The Bertz CT molecular complexity index is 1360. The van der Waals surface area contributed by atoms with Crippen molar-refractivity contribution in [2.45, 2.75) is 19.0 Å². The highest BCUT2D eigenvalue weighted by atomic mass is 32.2. The Morgan fingerprint density at radius 2 is 1.88 bits per heavy atom. The molecule has 2 aliphatic heterocycles. The molecule has 32 heavy (non-hydrogen) atoms. The minimum atomic E-state index is -3.01. The van der Waals surface area contributed by atoms with Crippen molar-refractivity contribution in [1.82, 2.24) is 4.90 Å². The summed E-state index contributed by atoms with van der Waals surface area (Å²) in [6, 6.07) is 10.7. The Kier molecular flexibility index (Phi) is 5.10. The molecular formula is C23H23NO7S. The first kappa shape index (κ1) is 20.8. The highest BCUT2D eigenvalue weighted by molar-refractivity contribution is 7.91. The molecule has 2 aliphatic rings. The maximum atomic E-state index is 12.9. The van der Waals surface area contributed by atoms with Crippen LogP contribution in [0, 0.1) is 0 Å². The molecule has 2 aromatic carbocycles. The molecule has 5 rings (SSSR count). The van der Waals surface area contributed by atoms with E-state index in [-0.39, 0.29) is 17.5 Å². The summed E-state index contributed by atoms with van der Waals surface area (Å²) in [6.45, 7) is 0.776. The van der Waals surface area contributed by atoms with Crippen LogP contribution in [0.1, 0.15) is 12.0 Å². The van der Waals surface area contributed by atoms with Gasteiger partial charge in [0.2, 0.25) is 0 Å². The van der Waals surface area contributed by atoms with Crippen LogP contribution in [0.3, 0.4) is 0 Å². The Morgan fingerprint density at radius 1 is 1.06 bits per heavy atom. The van der Waals surface area contributed by atoms with E-state index in [4.69, 9.17) is 18.6 Å². The van der Waals surface area contributed by atoms with Crippen molar-refractivity contribution in [2.75, 3.05) is 32.5 Å².